The molecular formula is C12H13NO3S. The highest BCUT2D eigenvalue weighted by Gasteiger charge is 2.13. The van der Waals surface area contributed by atoms with Gasteiger partial charge in [-0.25, -0.2) is 4.79 Å². The summed E-state index contributed by atoms with van der Waals surface area (Å²) in [4.78, 5) is 11.3. The fourth-order valence-corrected chi connectivity index (χ4v) is 2.71. The third-order valence-corrected chi connectivity index (χ3v) is 3.74. The third kappa shape index (κ3) is 4.00. The number of unbranched alkanes of at least 4 members (excludes halogenated alkanes) is 2. The molecule has 1 N–H and O–H groups in total. The molecule has 1 unspecified atom stereocenters. The molecule has 0 aliphatic heterocycles. The second kappa shape index (κ2) is 6.81. The van der Waals surface area contributed by atoms with Crippen LogP contribution in [0.4, 0.5) is 0 Å². The van der Waals surface area contributed by atoms with Gasteiger partial charge in [0.15, 0.2) is 0 Å². The van der Waals surface area contributed by atoms with Crippen molar-refractivity contribution in [1.29, 1.82) is 5.26 Å². The molecule has 90 valence electrons. The minimum absolute atomic E-state index is 0.0890. The molecule has 0 saturated carbocycles. The molecule has 17 heavy (non-hydrogen) atoms. The van der Waals surface area contributed by atoms with Crippen LogP contribution >= 0.6 is 0 Å². The van der Waals surface area contributed by atoms with Crippen LogP contribution in [0.2, 0.25) is 0 Å². The molecular weight excluding hydrogens is 238 g/mol. The molecule has 0 fully saturated rings. The van der Waals surface area contributed by atoms with Gasteiger partial charge in [-0.15, -0.1) is 0 Å². The van der Waals surface area contributed by atoms with E-state index in [1.807, 2.05) is 6.07 Å². The molecule has 4 nitrogen and oxygen atoms in total. The first-order valence-corrected chi connectivity index (χ1v) is 6.56. The third-order valence-electron chi connectivity index (χ3n) is 2.23. The second-order valence-corrected chi connectivity index (χ2v) is 5.01. The standard InChI is InChI=1S/C12H13NO3S/c13-8-4-1-5-9-17(16)11-7-3-2-6-10(11)12(14)15/h2-3,6-7H,1,4-5,9H2,(H,14,15). The van der Waals surface area contributed by atoms with E-state index in [1.54, 1.807) is 18.2 Å². The second-order valence-electron chi connectivity index (χ2n) is 3.47. The number of hydrogen-bond acceptors (Lipinski definition) is 3. The smallest absolute Gasteiger partial charge is 0.336 e. The lowest BCUT2D eigenvalue weighted by atomic mass is 10.2. The van der Waals surface area contributed by atoms with Crippen molar-refractivity contribution in [2.24, 2.45) is 0 Å². The first-order valence-electron chi connectivity index (χ1n) is 5.24. The zero-order valence-corrected chi connectivity index (χ0v) is 10.1. The Balaban J connectivity index is 2.69. The molecule has 0 heterocycles. The summed E-state index contributed by atoms with van der Waals surface area (Å²) < 4.78 is 11.9. The molecule has 0 amide bonds. The van der Waals surface area contributed by atoms with Crippen LogP contribution in [0.25, 0.3) is 0 Å². The van der Waals surface area contributed by atoms with E-state index in [-0.39, 0.29) is 5.56 Å². The molecule has 0 bridgehead atoms. The number of nitrogens with zero attached hydrogens (tertiary/aromatic N) is 1. The van der Waals surface area contributed by atoms with E-state index in [9.17, 15) is 9.00 Å². The van der Waals surface area contributed by atoms with Crippen molar-refractivity contribution >= 4 is 16.8 Å². The first-order chi connectivity index (χ1) is 8.16. The molecule has 1 aromatic carbocycles. The van der Waals surface area contributed by atoms with E-state index in [4.69, 9.17) is 10.4 Å². The summed E-state index contributed by atoms with van der Waals surface area (Å²) in [5.41, 5.74) is 0.0890. The van der Waals surface area contributed by atoms with E-state index < -0.39 is 16.8 Å². The Bertz CT molecular complexity index is 465. The number of carboxylic acids is 1. The number of carboxylic acid groups (broad SMARTS) is 1. The Labute approximate surface area is 102 Å². The molecule has 0 spiro atoms. The highest BCUT2D eigenvalue weighted by atomic mass is 32.2. The minimum atomic E-state index is -1.31. The molecule has 0 aliphatic rings. The molecule has 1 aromatic rings. The normalized spacial score (nSPS) is 11.7. The molecule has 0 saturated heterocycles. The van der Waals surface area contributed by atoms with Gasteiger partial charge in [0.2, 0.25) is 0 Å². The van der Waals surface area contributed by atoms with E-state index in [1.165, 1.54) is 6.07 Å². The molecule has 0 aromatic heterocycles. The van der Waals surface area contributed by atoms with Crippen LogP contribution in [0.15, 0.2) is 29.2 Å². The summed E-state index contributed by atoms with van der Waals surface area (Å²) in [6, 6.07) is 8.33. The van der Waals surface area contributed by atoms with Gasteiger partial charge in [0.1, 0.15) is 0 Å². The van der Waals surface area contributed by atoms with Crippen molar-refractivity contribution < 1.29 is 14.1 Å². The van der Waals surface area contributed by atoms with Crippen molar-refractivity contribution in [2.75, 3.05) is 5.75 Å². The van der Waals surface area contributed by atoms with Gasteiger partial charge < -0.3 is 5.11 Å². The summed E-state index contributed by atoms with van der Waals surface area (Å²) >= 11 is 0. The molecule has 1 atom stereocenters. The largest absolute Gasteiger partial charge is 0.478 e. The average molecular weight is 251 g/mol. The van der Waals surface area contributed by atoms with Crippen LogP contribution in [0.1, 0.15) is 29.6 Å². The quantitative estimate of drug-likeness (QED) is 0.786. The highest BCUT2D eigenvalue weighted by molar-refractivity contribution is 7.85. The van der Waals surface area contributed by atoms with E-state index in [0.29, 0.717) is 29.9 Å². The van der Waals surface area contributed by atoms with Crippen molar-refractivity contribution in [3.63, 3.8) is 0 Å². The Morgan fingerprint density at radius 2 is 2.06 bits per heavy atom. The minimum Gasteiger partial charge on any atom is -0.478 e. The topological polar surface area (TPSA) is 78.2 Å². The van der Waals surface area contributed by atoms with Crippen LogP contribution in [0, 0.1) is 11.3 Å². The monoisotopic (exact) mass is 251 g/mol. The number of rotatable bonds is 6. The van der Waals surface area contributed by atoms with Crippen molar-refractivity contribution in [2.45, 2.75) is 24.2 Å². The van der Waals surface area contributed by atoms with Crippen molar-refractivity contribution in [1.82, 2.24) is 0 Å². The number of carbonyl (C=O) groups is 1. The van der Waals surface area contributed by atoms with E-state index >= 15 is 0 Å². The van der Waals surface area contributed by atoms with Crippen LogP contribution in [-0.2, 0) is 10.8 Å². The van der Waals surface area contributed by atoms with Gasteiger partial charge in [0, 0.05) is 12.2 Å². The fourth-order valence-electron chi connectivity index (χ4n) is 1.39. The number of nitriles is 1. The Morgan fingerprint density at radius 3 is 2.71 bits per heavy atom. The van der Waals surface area contributed by atoms with E-state index in [0.717, 1.165) is 0 Å². The Kier molecular flexibility index (Phi) is 5.37. The number of aromatic carboxylic acids is 1. The van der Waals surface area contributed by atoms with Crippen LogP contribution in [0.5, 0.6) is 0 Å². The predicted octanol–water partition coefficient (Wildman–Crippen LogP) is 2.19. The van der Waals surface area contributed by atoms with Gasteiger partial charge in [-0.05, 0) is 25.0 Å². The predicted molar refractivity (Wildman–Crippen MR) is 64.1 cm³/mol. The maximum Gasteiger partial charge on any atom is 0.336 e. The molecule has 5 heteroatoms. The fraction of sp³-hybridized carbons (Fsp3) is 0.333. The van der Waals surface area contributed by atoms with Crippen LogP contribution < -0.4 is 0 Å². The van der Waals surface area contributed by atoms with Gasteiger partial charge in [-0.3, -0.25) is 4.21 Å². The zero-order valence-electron chi connectivity index (χ0n) is 9.26. The molecule has 0 aliphatic carbocycles. The van der Waals surface area contributed by atoms with Gasteiger partial charge >= 0.3 is 5.97 Å². The first kappa shape index (κ1) is 13.4. The lowest BCUT2D eigenvalue weighted by molar-refractivity contribution is 0.0693. The van der Waals surface area contributed by atoms with Crippen LogP contribution in [-0.4, -0.2) is 21.0 Å². The van der Waals surface area contributed by atoms with Crippen molar-refractivity contribution in [3.05, 3.63) is 29.8 Å². The number of benzene rings is 1. The molecule has 1 rings (SSSR count). The average Bonchev–Trinajstić information content (AvgIpc) is 2.34. The highest BCUT2D eigenvalue weighted by Crippen LogP contribution is 2.15. The summed E-state index contributed by atoms with van der Waals surface area (Å²) in [6.07, 6.45) is 1.80. The van der Waals surface area contributed by atoms with Crippen LogP contribution in [0.3, 0.4) is 0 Å². The SMILES string of the molecule is N#CCCCCS(=O)c1ccccc1C(=O)O. The van der Waals surface area contributed by atoms with Gasteiger partial charge in [-0.1, -0.05) is 12.1 Å². The summed E-state index contributed by atoms with van der Waals surface area (Å²) in [5, 5.41) is 17.3. The van der Waals surface area contributed by atoms with Gasteiger partial charge in [0.05, 0.1) is 27.3 Å². The maximum absolute atomic E-state index is 11.9. The Hall–Kier alpha value is -1.67. The maximum atomic E-state index is 11.9. The van der Waals surface area contributed by atoms with E-state index in [2.05, 4.69) is 0 Å². The summed E-state index contributed by atoms with van der Waals surface area (Å²) in [6.45, 7) is 0. The lowest BCUT2D eigenvalue weighted by Gasteiger charge is -2.05. The Morgan fingerprint density at radius 1 is 1.35 bits per heavy atom. The van der Waals surface area contributed by atoms with Gasteiger partial charge in [-0.2, -0.15) is 5.26 Å². The summed E-state index contributed by atoms with van der Waals surface area (Å²) in [5.74, 6) is -0.669. The summed E-state index contributed by atoms with van der Waals surface area (Å²) in [7, 11) is -1.31. The molecule has 0 radical (unpaired) electrons. The van der Waals surface area contributed by atoms with Gasteiger partial charge in [0.25, 0.3) is 0 Å². The zero-order chi connectivity index (χ0) is 12.7. The lowest BCUT2D eigenvalue weighted by Crippen LogP contribution is -2.06. The number of hydrogen-bond donors (Lipinski definition) is 1. The van der Waals surface area contributed by atoms with Crippen molar-refractivity contribution in [3.8, 4) is 6.07 Å².